The van der Waals surface area contributed by atoms with Crippen molar-refractivity contribution >= 4 is 53.2 Å². The Bertz CT molecular complexity index is 1440. The van der Waals surface area contributed by atoms with Crippen molar-refractivity contribution in [3.8, 4) is 0 Å². The zero-order valence-corrected chi connectivity index (χ0v) is 30.8. The van der Waals surface area contributed by atoms with Gasteiger partial charge in [0.05, 0.1) is 30.7 Å². The number of ketones is 1. The van der Waals surface area contributed by atoms with Gasteiger partial charge in [0.25, 0.3) is 0 Å². The lowest BCUT2D eigenvalue weighted by Gasteiger charge is -2.30. The molecular formula is C33H55N11O10. The van der Waals surface area contributed by atoms with Gasteiger partial charge in [-0.05, 0) is 65.8 Å². The molecular weight excluding hydrogens is 710 g/mol. The van der Waals surface area contributed by atoms with E-state index in [1.807, 2.05) is 0 Å². The summed E-state index contributed by atoms with van der Waals surface area (Å²) in [7, 11) is 0. The largest absolute Gasteiger partial charge is 0.391 e. The number of nitrogens with one attached hydrogen (secondary N) is 6. The molecule has 2 rings (SSSR count). The Morgan fingerprint density at radius 1 is 0.944 bits per heavy atom. The van der Waals surface area contributed by atoms with E-state index in [4.69, 9.17) is 22.9 Å². The van der Waals surface area contributed by atoms with Crippen molar-refractivity contribution in [2.24, 2.45) is 22.9 Å². The Morgan fingerprint density at radius 2 is 1.61 bits per heavy atom. The molecule has 54 heavy (non-hydrogen) atoms. The van der Waals surface area contributed by atoms with Crippen LogP contribution in [-0.4, -0.2) is 131 Å². The molecule has 0 aromatic carbocycles. The second-order valence-electron chi connectivity index (χ2n) is 13.5. The van der Waals surface area contributed by atoms with E-state index in [1.165, 1.54) is 37.8 Å². The van der Waals surface area contributed by atoms with Gasteiger partial charge in [-0.1, -0.05) is 18.6 Å². The Hall–Kier alpha value is -5.15. The number of carbonyl (C=O) groups excluding carboxylic acids is 9. The van der Waals surface area contributed by atoms with E-state index < -0.39 is 114 Å². The van der Waals surface area contributed by atoms with Gasteiger partial charge < -0.3 is 64.8 Å². The van der Waals surface area contributed by atoms with Gasteiger partial charge in [-0.15, -0.1) is 0 Å². The SMILES string of the molecule is C[C@H](NC(=O)[C@@H]1C/C=C/C[C@H](NC(=O)[C@@H](N)CCCCN)C(=O)N[C@@H](CC(N)=O)C(=O)N[C@@H]([C@@H](C)O)C(=O)N[C@@H](C)C(=O)[C@@H]2CCCN2C(=O)N1)C(N)=O. The van der Waals surface area contributed by atoms with Crippen molar-refractivity contribution in [2.75, 3.05) is 13.1 Å². The van der Waals surface area contributed by atoms with Crippen LogP contribution < -0.4 is 54.8 Å². The number of carbonyl (C=O) groups is 9. The van der Waals surface area contributed by atoms with Crippen LogP contribution in [0.15, 0.2) is 12.2 Å². The normalized spacial score (nSPS) is 27.1. The van der Waals surface area contributed by atoms with E-state index in [0.29, 0.717) is 25.8 Å². The molecule has 0 aromatic rings. The highest BCUT2D eigenvalue weighted by atomic mass is 16.3. The molecule has 0 unspecified atom stereocenters. The molecule has 21 nitrogen and oxygen atoms in total. The van der Waals surface area contributed by atoms with Crippen molar-refractivity contribution in [3.05, 3.63) is 12.2 Å². The van der Waals surface area contributed by atoms with Gasteiger partial charge in [-0.3, -0.25) is 38.4 Å². The van der Waals surface area contributed by atoms with Crippen LogP contribution in [0.1, 0.15) is 72.1 Å². The Morgan fingerprint density at radius 3 is 2.22 bits per heavy atom. The molecule has 0 saturated carbocycles. The summed E-state index contributed by atoms with van der Waals surface area (Å²) < 4.78 is 0. The number of unbranched alkanes of at least 4 members (excludes halogenated alkanes) is 1. The fraction of sp³-hybridized carbons (Fsp3) is 0.667. The summed E-state index contributed by atoms with van der Waals surface area (Å²) in [6.45, 7) is 4.38. The summed E-state index contributed by atoms with van der Waals surface area (Å²) in [6, 6.07) is -11.3. The summed E-state index contributed by atoms with van der Waals surface area (Å²) in [5.41, 5.74) is 22.2. The molecule has 0 radical (unpaired) electrons. The van der Waals surface area contributed by atoms with E-state index >= 15 is 0 Å². The molecule has 0 aliphatic carbocycles. The lowest BCUT2D eigenvalue weighted by Crippen LogP contribution is -2.61. The number of urea groups is 1. The van der Waals surface area contributed by atoms with E-state index in [2.05, 4.69) is 31.9 Å². The first-order valence-corrected chi connectivity index (χ1v) is 17.9. The van der Waals surface area contributed by atoms with Crippen LogP contribution in [0.4, 0.5) is 4.79 Å². The van der Waals surface area contributed by atoms with E-state index in [1.54, 1.807) is 0 Å². The van der Waals surface area contributed by atoms with Crippen molar-refractivity contribution in [3.63, 3.8) is 0 Å². The van der Waals surface area contributed by atoms with Gasteiger partial charge in [0.15, 0.2) is 5.78 Å². The number of nitrogens with two attached hydrogens (primary N) is 4. The topological polar surface area (TPSA) is 353 Å². The smallest absolute Gasteiger partial charge is 0.318 e. The van der Waals surface area contributed by atoms with Crippen molar-refractivity contribution in [1.82, 2.24) is 36.8 Å². The van der Waals surface area contributed by atoms with Gasteiger partial charge >= 0.3 is 6.03 Å². The summed E-state index contributed by atoms with van der Waals surface area (Å²) in [5.74, 6) is -6.99. The van der Waals surface area contributed by atoms with E-state index in [0.717, 1.165) is 0 Å². The molecule has 0 aromatic heterocycles. The zero-order valence-electron chi connectivity index (χ0n) is 30.8. The van der Waals surface area contributed by atoms with Crippen LogP contribution in [0.2, 0.25) is 0 Å². The molecule has 0 bridgehead atoms. The number of aliphatic hydroxyl groups excluding tert-OH is 1. The quantitative estimate of drug-likeness (QED) is 0.0658. The maximum atomic E-state index is 13.6. The van der Waals surface area contributed by atoms with Crippen LogP contribution in [0.5, 0.6) is 0 Å². The molecule has 9 amide bonds. The number of Topliss-reactive ketones (excluding diaryl/α,β-unsaturated/α-hetero) is 1. The third kappa shape index (κ3) is 13.7. The lowest BCUT2D eigenvalue weighted by molar-refractivity contribution is -0.137. The zero-order chi connectivity index (χ0) is 40.7. The van der Waals surface area contributed by atoms with Gasteiger partial charge in [-0.25, -0.2) is 4.79 Å². The van der Waals surface area contributed by atoms with Gasteiger partial charge in [-0.2, -0.15) is 0 Å². The predicted octanol–water partition coefficient (Wildman–Crippen LogP) is -4.89. The van der Waals surface area contributed by atoms with Gasteiger partial charge in [0.1, 0.15) is 30.2 Å². The lowest BCUT2D eigenvalue weighted by atomic mass is 10.0. The predicted molar refractivity (Wildman–Crippen MR) is 192 cm³/mol. The molecule has 2 heterocycles. The summed E-state index contributed by atoms with van der Waals surface area (Å²) in [6.07, 6.45) is 2.12. The molecule has 0 spiro atoms. The van der Waals surface area contributed by atoms with Crippen LogP contribution in [0.3, 0.4) is 0 Å². The molecule has 302 valence electrons. The highest BCUT2D eigenvalue weighted by molar-refractivity contribution is 5.99. The van der Waals surface area contributed by atoms with Gasteiger partial charge in [0.2, 0.25) is 41.4 Å². The number of fused-ring (bicyclic) bond motifs is 1. The highest BCUT2D eigenvalue weighted by Crippen LogP contribution is 2.20. The first kappa shape index (κ1) is 45.0. The minimum Gasteiger partial charge on any atom is -0.391 e. The van der Waals surface area contributed by atoms with Crippen LogP contribution in [-0.2, 0) is 38.4 Å². The average Bonchev–Trinajstić information content (AvgIpc) is 3.59. The maximum absolute atomic E-state index is 13.6. The standard InChI is InChI=1S/C33H55N11O10/c1-16-26(47)23-12-8-14-44(23)33(54)42-21(29(50)39-17(2)27(37)48)11-5-4-10-20(40-28(49)19(35)9-6-7-13-34)30(51)41-22(15-24(36)46)31(52)43-25(18(3)45)32(53)38-16/h4-5,16-23,25,45H,6-15,34-35H2,1-3H3,(H2,36,46)(H2,37,48)(H,38,53)(H,39,50)(H,40,49)(H,41,51)(H,42,54)(H,43,52)/b5-4+/t16-,17-,18+,19-,20-,21-,22-,23-,25-/m0/s1. The number of hydrogen-bond acceptors (Lipinski definition) is 12. The third-order valence-electron chi connectivity index (χ3n) is 8.98. The number of rotatable bonds is 12. The molecule has 1 fully saturated rings. The molecule has 1 saturated heterocycles. The Labute approximate surface area is 312 Å². The highest BCUT2D eigenvalue weighted by Gasteiger charge is 2.39. The summed E-state index contributed by atoms with van der Waals surface area (Å²) in [5, 5.41) is 25.0. The summed E-state index contributed by atoms with van der Waals surface area (Å²) in [4.78, 5) is 119. The van der Waals surface area contributed by atoms with Crippen molar-refractivity contribution < 1.29 is 48.3 Å². The molecule has 2 aliphatic heterocycles. The number of aliphatic hydroxyl groups is 1. The minimum absolute atomic E-state index is 0.128. The van der Waals surface area contributed by atoms with Crippen molar-refractivity contribution in [2.45, 2.75) is 127 Å². The van der Waals surface area contributed by atoms with Crippen LogP contribution in [0, 0.1) is 0 Å². The fourth-order valence-electron chi connectivity index (χ4n) is 5.77. The molecule has 15 N–H and O–H groups in total. The number of hydrogen-bond donors (Lipinski definition) is 11. The monoisotopic (exact) mass is 765 g/mol. The molecule has 21 heteroatoms. The van der Waals surface area contributed by atoms with E-state index in [-0.39, 0.29) is 32.2 Å². The van der Waals surface area contributed by atoms with E-state index in [9.17, 15) is 48.3 Å². The molecule has 2 aliphatic rings. The second-order valence-corrected chi connectivity index (χ2v) is 13.5. The summed E-state index contributed by atoms with van der Waals surface area (Å²) >= 11 is 0. The first-order chi connectivity index (χ1) is 25.4. The van der Waals surface area contributed by atoms with Gasteiger partial charge in [0, 0.05) is 6.54 Å². The average molecular weight is 766 g/mol. The fourth-order valence-corrected chi connectivity index (χ4v) is 5.77. The number of amides is 9. The third-order valence-corrected chi connectivity index (χ3v) is 8.98. The first-order valence-electron chi connectivity index (χ1n) is 17.9. The second kappa shape index (κ2) is 21.5. The van der Waals surface area contributed by atoms with Crippen LogP contribution >= 0.6 is 0 Å². The Balaban J connectivity index is 2.58. The van der Waals surface area contributed by atoms with Crippen molar-refractivity contribution in [1.29, 1.82) is 0 Å². The minimum atomic E-state index is -1.68. The molecule has 9 atom stereocenters. The number of nitrogens with zero attached hydrogens (tertiary/aromatic N) is 1. The number of primary amides is 2. The maximum Gasteiger partial charge on any atom is 0.318 e. The van der Waals surface area contributed by atoms with Crippen LogP contribution in [0.25, 0.3) is 0 Å². The Kier molecular flexibility index (Phi) is 17.9.